The summed E-state index contributed by atoms with van der Waals surface area (Å²) in [6, 6.07) is -0.949. The van der Waals surface area contributed by atoms with Crippen molar-refractivity contribution in [3.63, 3.8) is 0 Å². The first kappa shape index (κ1) is 20.0. The number of aliphatic hydroxyl groups excluding tert-OH is 5. The fourth-order valence-electron chi connectivity index (χ4n) is 1.09. The van der Waals surface area contributed by atoms with Crippen LogP contribution in [0.1, 0.15) is 26.2 Å². The molecule has 112 valence electrons. The van der Waals surface area contributed by atoms with Crippen molar-refractivity contribution in [2.24, 2.45) is 11.7 Å². The molecule has 0 amide bonds. The second-order valence-corrected chi connectivity index (χ2v) is 4.06. The van der Waals surface area contributed by atoms with Crippen molar-refractivity contribution in [3.8, 4) is 0 Å². The lowest BCUT2D eigenvalue weighted by molar-refractivity contribution is -0.0861. The predicted octanol–water partition coefficient (Wildman–Crippen LogP) is -2.24. The van der Waals surface area contributed by atoms with E-state index >= 15 is 0 Å². The number of hydrogen-bond acceptors (Lipinski definition) is 7. The highest BCUT2D eigenvalue weighted by atomic mass is 16.5. The molecule has 0 heterocycles. The average Bonchev–Trinajstić information content (AvgIpc) is 2.38. The van der Waals surface area contributed by atoms with Crippen molar-refractivity contribution < 1.29 is 30.6 Å². The Balaban J connectivity index is 0. The van der Waals surface area contributed by atoms with E-state index in [9.17, 15) is 0 Å². The van der Waals surface area contributed by atoms with Gasteiger partial charge in [-0.15, -0.1) is 0 Å². The molecule has 18 heavy (non-hydrogen) atoms. The van der Waals surface area contributed by atoms with Crippen LogP contribution in [0.15, 0.2) is 0 Å². The Morgan fingerprint density at radius 1 is 1.00 bits per heavy atom. The van der Waals surface area contributed by atoms with E-state index in [1.165, 1.54) is 0 Å². The van der Waals surface area contributed by atoms with Crippen molar-refractivity contribution in [2.45, 2.75) is 44.6 Å². The van der Waals surface area contributed by atoms with Crippen LogP contribution in [-0.2, 0) is 0 Å². The van der Waals surface area contributed by atoms with Crippen molar-refractivity contribution in [1.29, 1.82) is 0 Å². The lowest BCUT2D eigenvalue weighted by atomic mass is 10.1. The Morgan fingerprint density at radius 2 is 1.50 bits per heavy atom. The van der Waals surface area contributed by atoms with Crippen LogP contribution < -0.4 is 5.73 Å². The highest BCUT2D eigenvalue weighted by molar-refractivity contribution is 4.71. The van der Waals surface area contributed by atoms with Crippen LogP contribution in [0.2, 0.25) is 0 Å². The van der Waals surface area contributed by atoms with E-state index in [0.29, 0.717) is 19.3 Å². The highest BCUT2D eigenvalue weighted by Gasteiger charge is 2.18. The topological polar surface area (TPSA) is 147 Å². The second-order valence-electron chi connectivity index (χ2n) is 4.06. The zero-order valence-electron chi connectivity index (χ0n) is 10.8. The quantitative estimate of drug-likeness (QED) is 0.246. The van der Waals surface area contributed by atoms with Gasteiger partial charge in [-0.3, -0.25) is 0 Å². The Labute approximate surface area is 107 Å². The maximum absolute atomic E-state index is 8.85. The van der Waals surface area contributed by atoms with Gasteiger partial charge in [-0.05, 0) is 19.3 Å². The molecule has 0 saturated carbocycles. The van der Waals surface area contributed by atoms with Gasteiger partial charge in [-0.25, -0.2) is 0 Å². The lowest BCUT2D eigenvalue weighted by Gasteiger charge is -2.18. The summed E-state index contributed by atoms with van der Waals surface area (Å²) < 4.78 is 0. The minimum atomic E-state index is -1.63. The molecule has 0 spiro atoms. The molecule has 0 aliphatic heterocycles. The van der Waals surface area contributed by atoms with E-state index in [2.05, 4.69) is 0 Å². The van der Waals surface area contributed by atoms with Crippen LogP contribution in [0.5, 0.6) is 0 Å². The number of nitrogens with two attached hydrogens (primary N) is 1. The summed E-state index contributed by atoms with van der Waals surface area (Å²) in [5.41, 5.74) is 5.12. The van der Waals surface area contributed by atoms with E-state index in [0.717, 1.165) is 0 Å². The average molecular weight is 269 g/mol. The van der Waals surface area contributed by atoms with Crippen LogP contribution >= 0.6 is 0 Å². The van der Waals surface area contributed by atoms with Crippen molar-refractivity contribution >= 4 is 0 Å². The summed E-state index contributed by atoms with van der Waals surface area (Å²) in [4.78, 5) is 0. The van der Waals surface area contributed by atoms with Crippen LogP contribution in [0.25, 0.3) is 0 Å². The smallest absolute Gasteiger partial charge is 0.169 e. The molecule has 7 heteroatoms. The molecule has 0 radical (unpaired) electrons. The van der Waals surface area contributed by atoms with Crippen molar-refractivity contribution in [1.82, 2.24) is 0 Å². The van der Waals surface area contributed by atoms with E-state index < -0.39 is 18.4 Å². The molecule has 7 nitrogen and oxygen atoms in total. The van der Waals surface area contributed by atoms with Gasteiger partial charge < -0.3 is 36.4 Å². The van der Waals surface area contributed by atoms with E-state index in [1.54, 1.807) is 6.92 Å². The van der Waals surface area contributed by atoms with Gasteiger partial charge in [0.2, 0.25) is 0 Å². The maximum atomic E-state index is 8.85. The fourth-order valence-corrected chi connectivity index (χ4v) is 1.09. The molecule has 2 atom stereocenters. The number of rotatable bonds is 8. The Morgan fingerprint density at radius 3 is 1.72 bits per heavy atom. The molecule has 0 fully saturated rings. The van der Waals surface area contributed by atoms with Gasteiger partial charge in [-0.1, -0.05) is 6.92 Å². The van der Waals surface area contributed by atoms with Gasteiger partial charge in [-0.2, -0.15) is 0 Å². The first-order chi connectivity index (χ1) is 8.44. The predicted molar refractivity (Wildman–Crippen MR) is 66.5 cm³/mol. The fraction of sp³-hybridized carbons (Fsp3) is 1.00. The summed E-state index contributed by atoms with van der Waals surface area (Å²) in [6.07, 6.45) is -0.668. The van der Waals surface area contributed by atoms with Crippen LogP contribution in [0.3, 0.4) is 0 Å². The highest BCUT2D eigenvalue weighted by Crippen LogP contribution is 2.02. The van der Waals surface area contributed by atoms with E-state index in [-0.39, 0.29) is 25.7 Å². The molecule has 0 aromatic rings. The third kappa shape index (κ3) is 10.8. The summed E-state index contributed by atoms with van der Waals surface area (Å²) in [5.74, 6) is -0.0443. The van der Waals surface area contributed by atoms with Gasteiger partial charge in [0.15, 0.2) is 6.29 Å². The SMILES string of the molecule is CCC(O)C(N)C(O)O.OCCCC(CO)CO. The van der Waals surface area contributed by atoms with Gasteiger partial charge in [0.25, 0.3) is 0 Å². The Hall–Kier alpha value is -0.280. The second kappa shape index (κ2) is 13.2. The maximum Gasteiger partial charge on any atom is 0.169 e. The third-order valence-electron chi connectivity index (χ3n) is 2.49. The third-order valence-corrected chi connectivity index (χ3v) is 2.49. The molecular formula is C11H27NO6. The number of hydrogen-bond donors (Lipinski definition) is 7. The molecule has 0 bridgehead atoms. The molecule has 8 N–H and O–H groups in total. The van der Waals surface area contributed by atoms with Gasteiger partial charge >= 0.3 is 0 Å². The molecule has 0 rings (SSSR count). The van der Waals surface area contributed by atoms with Crippen LogP contribution in [-0.4, -0.2) is 68.9 Å². The zero-order chi connectivity index (χ0) is 14.6. The molecular weight excluding hydrogens is 242 g/mol. The Kier molecular flexibility index (Phi) is 14.7. The molecule has 0 aliphatic carbocycles. The van der Waals surface area contributed by atoms with E-state index in [1.807, 2.05) is 0 Å². The first-order valence-corrected chi connectivity index (χ1v) is 6.06. The number of aliphatic hydroxyl groups is 6. The minimum Gasteiger partial charge on any atom is -0.396 e. The van der Waals surface area contributed by atoms with Crippen molar-refractivity contribution in [2.75, 3.05) is 19.8 Å². The van der Waals surface area contributed by atoms with Crippen LogP contribution in [0.4, 0.5) is 0 Å². The first-order valence-electron chi connectivity index (χ1n) is 6.06. The molecule has 0 saturated heterocycles. The summed E-state index contributed by atoms with van der Waals surface area (Å²) >= 11 is 0. The summed E-state index contributed by atoms with van der Waals surface area (Å²) in [6.45, 7) is 1.87. The van der Waals surface area contributed by atoms with Gasteiger partial charge in [0, 0.05) is 25.7 Å². The Bertz CT molecular complexity index is 166. The molecule has 0 aromatic heterocycles. The minimum absolute atomic E-state index is 0.0104. The normalized spacial score (nSPS) is 14.3. The lowest BCUT2D eigenvalue weighted by Crippen LogP contribution is -2.44. The largest absolute Gasteiger partial charge is 0.396 e. The molecule has 0 aliphatic rings. The zero-order valence-corrected chi connectivity index (χ0v) is 10.8. The monoisotopic (exact) mass is 269 g/mol. The van der Waals surface area contributed by atoms with Gasteiger partial charge in [0.05, 0.1) is 12.1 Å². The van der Waals surface area contributed by atoms with Crippen LogP contribution in [0, 0.1) is 5.92 Å². The summed E-state index contributed by atoms with van der Waals surface area (Å²) in [5, 5.41) is 51.0. The molecule has 0 aromatic carbocycles. The van der Waals surface area contributed by atoms with Crippen molar-refractivity contribution in [3.05, 3.63) is 0 Å². The van der Waals surface area contributed by atoms with E-state index in [4.69, 9.17) is 36.4 Å². The molecule has 2 unspecified atom stereocenters. The van der Waals surface area contributed by atoms with Gasteiger partial charge in [0.1, 0.15) is 0 Å². The standard InChI is InChI=1S/C6H14O3.C5H13NO3/c7-3-1-2-6(4-8)5-9;1-2-3(7)4(6)5(8)9/h6-9H,1-5H2;3-5,7-9H,2,6H2,1H3. The summed E-state index contributed by atoms with van der Waals surface area (Å²) in [7, 11) is 0.